The van der Waals surface area contributed by atoms with Crippen LogP contribution in [0.3, 0.4) is 0 Å². The molecule has 0 unspecified atom stereocenters. The van der Waals surface area contributed by atoms with Crippen molar-refractivity contribution in [2.24, 2.45) is 5.18 Å². The molecule has 0 bridgehead atoms. The van der Waals surface area contributed by atoms with Crippen LogP contribution in [-0.2, 0) is 35.4 Å². The van der Waals surface area contributed by atoms with Gasteiger partial charge in [-0.25, -0.2) is 14.6 Å². The van der Waals surface area contributed by atoms with Gasteiger partial charge in [0.05, 0.1) is 18.8 Å². The van der Waals surface area contributed by atoms with Gasteiger partial charge in [-0.2, -0.15) is 0 Å². The number of aromatic nitrogens is 1. The van der Waals surface area contributed by atoms with Gasteiger partial charge in [-0.15, -0.1) is 11.5 Å². The number of allylic oxidation sites excluding steroid dienone is 1. The maximum atomic E-state index is 13.0. The van der Waals surface area contributed by atoms with Crippen LogP contribution >= 0.6 is 23.2 Å². The van der Waals surface area contributed by atoms with Crippen LogP contribution in [0.15, 0.2) is 36.0 Å². The van der Waals surface area contributed by atoms with Gasteiger partial charge in [0.25, 0.3) is 0 Å². The second kappa shape index (κ2) is 11.9. The third kappa shape index (κ3) is 6.99. The second-order valence-electron chi connectivity index (χ2n) is 9.52. The molecule has 1 aliphatic heterocycles. The molecule has 37 heavy (non-hydrogen) atoms. The zero-order valence-electron chi connectivity index (χ0n) is 21.3. The van der Waals surface area contributed by atoms with Gasteiger partial charge in [0.2, 0.25) is 0 Å². The highest BCUT2D eigenvalue weighted by molar-refractivity contribution is 6.35. The third-order valence-corrected chi connectivity index (χ3v) is 6.07. The van der Waals surface area contributed by atoms with E-state index in [1.807, 2.05) is 32.9 Å². The summed E-state index contributed by atoms with van der Waals surface area (Å²) in [5.41, 5.74) is 3.11. The van der Waals surface area contributed by atoms with E-state index < -0.39 is 11.7 Å². The van der Waals surface area contributed by atoms with Gasteiger partial charge in [-0.1, -0.05) is 41.4 Å². The number of nitroso groups, excluding NO2 is 1. The topological polar surface area (TPSA) is 101 Å². The Labute approximate surface area is 226 Å². The molecular weight excluding hydrogens is 519 g/mol. The van der Waals surface area contributed by atoms with Crippen LogP contribution in [0.5, 0.6) is 0 Å². The Morgan fingerprint density at radius 3 is 2.62 bits per heavy atom. The van der Waals surface area contributed by atoms with Crippen molar-refractivity contribution in [3.05, 3.63) is 68.3 Å². The number of hydrogen-bond donors (Lipinski definition) is 0. The highest BCUT2D eigenvalue weighted by Crippen LogP contribution is 2.38. The molecule has 1 aromatic carbocycles. The van der Waals surface area contributed by atoms with E-state index in [1.54, 1.807) is 17.9 Å². The number of carbonyl (C=O) groups is 2. The van der Waals surface area contributed by atoms with Crippen LogP contribution in [-0.4, -0.2) is 40.8 Å². The van der Waals surface area contributed by atoms with Gasteiger partial charge in [0.15, 0.2) is 10.8 Å². The van der Waals surface area contributed by atoms with Gasteiger partial charge in [-0.05, 0) is 68.0 Å². The fraction of sp³-hybridized carbons (Fsp3) is 0.423. The number of carbonyl (C=O) groups excluding carboxylic acids is 2. The van der Waals surface area contributed by atoms with Crippen molar-refractivity contribution in [1.29, 1.82) is 0 Å². The van der Waals surface area contributed by atoms with Crippen LogP contribution in [0.25, 0.3) is 0 Å². The number of amides is 2. The van der Waals surface area contributed by atoms with E-state index in [2.05, 4.69) is 16.7 Å². The van der Waals surface area contributed by atoms with Gasteiger partial charge < -0.3 is 14.4 Å². The van der Waals surface area contributed by atoms with E-state index in [9.17, 15) is 14.5 Å². The van der Waals surface area contributed by atoms with Crippen LogP contribution in [0.4, 0.5) is 21.0 Å². The van der Waals surface area contributed by atoms with E-state index in [1.165, 1.54) is 11.0 Å². The van der Waals surface area contributed by atoms with E-state index >= 15 is 0 Å². The van der Waals surface area contributed by atoms with E-state index in [0.29, 0.717) is 25.9 Å². The van der Waals surface area contributed by atoms with Crippen LogP contribution in [0.2, 0.25) is 10.3 Å². The molecule has 0 atom stereocenters. The minimum Gasteiger partial charge on any atom is -0.449 e. The van der Waals surface area contributed by atoms with Crippen molar-refractivity contribution >= 4 is 46.8 Å². The summed E-state index contributed by atoms with van der Waals surface area (Å²) in [6.45, 7) is 12.1. The molecule has 198 valence electrons. The van der Waals surface area contributed by atoms with Crippen LogP contribution < -0.4 is 4.90 Å². The Bertz CT molecular complexity index is 1210. The fourth-order valence-electron chi connectivity index (χ4n) is 4.16. The number of hydrogen-bond acceptors (Lipinski definition) is 7. The first-order valence-corrected chi connectivity index (χ1v) is 12.6. The zero-order chi connectivity index (χ0) is 27.3. The van der Waals surface area contributed by atoms with Crippen molar-refractivity contribution in [2.75, 3.05) is 18.1 Å². The third-order valence-electron chi connectivity index (χ3n) is 5.61. The molecule has 0 saturated carbocycles. The average Bonchev–Trinajstić information content (AvgIpc) is 2.81. The van der Waals surface area contributed by atoms with E-state index in [4.69, 9.17) is 32.7 Å². The maximum Gasteiger partial charge on any atom is 0.414 e. The molecule has 0 spiro atoms. The maximum absolute atomic E-state index is 13.0. The molecule has 1 aliphatic rings. The van der Waals surface area contributed by atoms with Crippen molar-refractivity contribution in [1.82, 2.24) is 9.88 Å². The van der Waals surface area contributed by atoms with Crippen LogP contribution in [0.1, 0.15) is 49.9 Å². The molecule has 11 heteroatoms. The normalized spacial score (nSPS) is 13.0. The Morgan fingerprint density at radius 1 is 1.27 bits per heavy atom. The van der Waals surface area contributed by atoms with Crippen LogP contribution in [0, 0.1) is 4.91 Å². The number of benzene rings is 1. The van der Waals surface area contributed by atoms with Gasteiger partial charge in [0, 0.05) is 19.2 Å². The summed E-state index contributed by atoms with van der Waals surface area (Å²) in [6.07, 6.45) is 1.98. The van der Waals surface area contributed by atoms with Gasteiger partial charge >= 0.3 is 12.2 Å². The minimum atomic E-state index is -0.705. The Kier molecular flexibility index (Phi) is 9.15. The monoisotopic (exact) mass is 548 g/mol. The summed E-state index contributed by atoms with van der Waals surface area (Å²) in [6, 6.07) is 5.26. The summed E-state index contributed by atoms with van der Waals surface area (Å²) < 4.78 is 10.8. The number of pyridine rings is 1. The summed E-state index contributed by atoms with van der Waals surface area (Å²) >= 11 is 12.2. The minimum absolute atomic E-state index is 0.00696. The molecular formula is C26H30Cl2N4O5. The zero-order valence-corrected chi connectivity index (χ0v) is 22.9. The lowest BCUT2D eigenvalue weighted by atomic mass is 9.90. The number of nitrogens with zero attached hydrogens (tertiary/aromatic N) is 4. The van der Waals surface area contributed by atoms with E-state index in [-0.39, 0.29) is 40.9 Å². The molecule has 2 heterocycles. The quantitative estimate of drug-likeness (QED) is 0.210. The van der Waals surface area contributed by atoms with Crippen molar-refractivity contribution in [3.63, 3.8) is 0 Å². The molecule has 2 aromatic rings. The number of fused-ring (bicyclic) bond motifs is 1. The summed E-state index contributed by atoms with van der Waals surface area (Å²) in [7, 11) is 0. The number of ether oxygens (including phenoxy) is 2. The Hall–Kier alpha value is -3.17. The molecule has 3 rings (SSSR count). The smallest absolute Gasteiger partial charge is 0.414 e. The lowest BCUT2D eigenvalue weighted by Gasteiger charge is -2.33. The lowest BCUT2D eigenvalue weighted by Crippen LogP contribution is -2.40. The predicted molar refractivity (Wildman–Crippen MR) is 144 cm³/mol. The SMILES string of the molecule is C=CCc1cc(CN(C(=O)OCC)c2cc(Cl)nc(Cl)c2N=O)cc2c1CCN(C(=O)OC(C)(C)C)C2. The molecule has 0 fully saturated rings. The first-order valence-electron chi connectivity index (χ1n) is 11.8. The molecule has 0 N–H and O–H groups in total. The lowest BCUT2D eigenvalue weighted by molar-refractivity contribution is 0.0223. The van der Waals surface area contributed by atoms with E-state index in [0.717, 1.165) is 22.3 Å². The summed E-state index contributed by atoms with van der Waals surface area (Å²) in [5.74, 6) is 0. The molecule has 1 aromatic heterocycles. The molecule has 0 saturated heterocycles. The summed E-state index contributed by atoms with van der Waals surface area (Å²) in [5, 5.41) is 2.74. The molecule has 0 aliphatic carbocycles. The van der Waals surface area contributed by atoms with Gasteiger partial charge in [0.1, 0.15) is 10.8 Å². The predicted octanol–water partition coefficient (Wildman–Crippen LogP) is 6.97. The molecule has 9 nitrogen and oxygen atoms in total. The standard InChI is InChI=1S/C26H30Cl2N4O5/c1-6-8-17-11-16(12-18-15-31(10-9-19(17)18)24(33)37-26(3,4)5)14-32(25(34)36-7-2)20-13-21(27)29-23(28)22(20)30-35/h6,11-13H,1,7-10,14-15H2,2-5H3. The Balaban J connectivity index is 2.03. The first kappa shape index (κ1) is 28.4. The second-order valence-corrected chi connectivity index (χ2v) is 10.3. The molecule has 2 amide bonds. The first-order chi connectivity index (χ1) is 17.5. The summed E-state index contributed by atoms with van der Waals surface area (Å²) in [4.78, 5) is 44.0. The molecule has 0 radical (unpaired) electrons. The highest BCUT2D eigenvalue weighted by atomic mass is 35.5. The van der Waals surface area contributed by atoms with Gasteiger partial charge in [-0.3, -0.25) is 4.90 Å². The van der Waals surface area contributed by atoms with Crippen molar-refractivity contribution < 1.29 is 19.1 Å². The number of rotatable bonds is 7. The Morgan fingerprint density at radius 2 is 2.00 bits per heavy atom. The highest BCUT2D eigenvalue weighted by Gasteiger charge is 2.29. The average molecular weight is 549 g/mol. The van der Waals surface area contributed by atoms with Crippen molar-refractivity contribution in [3.8, 4) is 0 Å². The fourth-order valence-corrected chi connectivity index (χ4v) is 4.62. The number of halogens is 2. The largest absolute Gasteiger partial charge is 0.449 e. The van der Waals surface area contributed by atoms with Crippen molar-refractivity contribution in [2.45, 2.75) is 59.2 Å². The number of anilines is 1.